The Bertz CT molecular complexity index is 835. The third-order valence-electron chi connectivity index (χ3n) is 4.56. The lowest BCUT2D eigenvalue weighted by Crippen LogP contribution is -2.23. The fourth-order valence-electron chi connectivity index (χ4n) is 3.44. The number of ketones is 1. The second kappa shape index (κ2) is 6.55. The smallest absolute Gasteiger partial charge is 0.163 e. The molecule has 0 bridgehead atoms. The summed E-state index contributed by atoms with van der Waals surface area (Å²) in [5.74, 6) is 1.96. The summed E-state index contributed by atoms with van der Waals surface area (Å²) in [6, 6.07) is 20.4. The third kappa shape index (κ3) is 2.71. The lowest BCUT2D eigenvalue weighted by atomic mass is 9.80. The predicted molar refractivity (Wildman–Crippen MR) is 104 cm³/mol. The summed E-state index contributed by atoms with van der Waals surface area (Å²) in [5.41, 5.74) is 3.07. The summed E-state index contributed by atoms with van der Waals surface area (Å²) in [7, 11) is 0. The molecule has 120 valence electrons. The van der Waals surface area contributed by atoms with E-state index in [1.807, 2.05) is 36.4 Å². The van der Waals surface area contributed by atoms with Gasteiger partial charge in [-0.05, 0) is 34.6 Å². The highest BCUT2D eigenvalue weighted by Crippen LogP contribution is 2.49. The number of carbonyl (C=O) groups excluding carboxylic acids is 1. The maximum Gasteiger partial charge on any atom is 0.163 e. The van der Waals surface area contributed by atoms with Crippen molar-refractivity contribution in [2.24, 2.45) is 0 Å². The molecule has 0 N–H and O–H groups in total. The van der Waals surface area contributed by atoms with E-state index in [1.54, 1.807) is 0 Å². The van der Waals surface area contributed by atoms with Gasteiger partial charge in [0.1, 0.15) is 11.5 Å². The molecular weight excluding hydrogens is 411 g/mol. The molecule has 2 aliphatic rings. The Balaban J connectivity index is 1.89. The molecule has 2 aromatic rings. The standard InChI is InChI=1S/C21H17IO2/c22-20-18(14-8-3-1-4-9-14)19-16(23)12-7-13-17(19)24-21(20)15-10-5-2-6-11-15/h1-6,8-11,18H,7,12-13H2. The zero-order valence-electron chi connectivity index (χ0n) is 13.2. The number of hydrogen-bond acceptors (Lipinski definition) is 2. The van der Waals surface area contributed by atoms with E-state index in [0.717, 1.165) is 44.6 Å². The highest BCUT2D eigenvalue weighted by atomic mass is 127. The van der Waals surface area contributed by atoms with Crippen LogP contribution in [0.25, 0.3) is 5.76 Å². The van der Waals surface area contributed by atoms with Crippen molar-refractivity contribution in [3.05, 3.63) is 86.7 Å². The molecule has 1 unspecified atom stereocenters. The van der Waals surface area contributed by atoms with Gasteiger partial charge in [-0.1, -0.05) is 60.7 Å². The zero-order valence-corrected chi connectivity index (χ0v) is 15.3. The van der Waals surface area contributed by atoms with E-state index in [2.05, 4.69) is 46.9 Å². The minimum absolute atomic E-state index is 0.0152. The topological polar surface area (TPSA) is 26.3 Å². The van der Waals surface area contributed by atoms with Crippen LogP contribution in [0.5, 0.6) is 0 Å². The first-order valence-electron chi connectivity index (χ1n) is 8.20. The number of hydrogen-bond donors (Lipinski definition) is 0. The predicted octanol–water partition coefficient (Wildman–Crippen LogP) is 5.61. The number of allylic oxidation sites excluding steroid dienone is 3. The summed E-state index contributed by atoms with van der Waals surface area (Å²) in [4.78, 5) is 12.6. The lowest BCUT2D eigenvalue weighted by molar-refractivity contribution is -0.116. The molecule has 4 rings (SSSR count). The van der Waals surface area contributed by atoms with E-state index in [4.69, 9.17) is 4.74 Å². The summed E-state index contributed by atoms with van der Waals surface area (Å²) in [5, 5.41) is 0. The van der Waals surface area contributed by atoms with E-state index in [9.17, 15) is 4.79 Å². The van der Waals surface area contributed by atoms with Crippen LogP contribution in [-0.2, 0) is 9.53 Å². The molecule has 0 fully saturated rings. The Morgan fingerprint density at radius 1 is 0.917 bits per heavy atom. The van der Waals surface area contributed by atoms with Crippen LogP contribution in [0.3, 0.4) is 0 Å². The highest BCUT2D eigenvalue weighted by molar-refractivity contribution is 14.1. The van der Waals surface area contributed by atoms with Crippen molar-refractivity contribution in [1.29, 1.82) is 0 Å². The SMILES string of the molecule is O=C1CCCC2=C1C(c1ccccc1)C(I)=C(c1ccccc1)O2. The minimum atomic E-state index is -0.0152. The molecule has 1 aliphatic carbocycles. The molecule has 1 atom stereocenters. The third-order valence-corrected chi connectivity index (χ3v) is 5.67. The van der Waals surface area contributed by atoms with Crippen molar-refractivity contribution in [3.8, 4) is 0 Å². The van der Waals surface area contributed by atoms with Crippen LogP contribution in [0, 0.1) is 0 Å². The van der Waals surface area contributed by atoms with Crippen molar-refractivity contribution in [2.75, 3.05) is 0 Å². The van der Waals surface area contributed by atoms with E-state index < -0.39 is 0 Å². The number of carbonyl (C=O) groups is 1. The van der Waals surface area contributed by atoms with Gasteiger partial charge in [0.05, 0.1) is 5.92 Å². The average molecular weight is 428 g/mol. The lowest BCUT2D eigenvalue weighted by Gasteiger charge is -2.33. The molecule has 24 heavy (non-hydrogen) atoms. The van der Waals surface area contributed by atoms with Gasteiger partial charge in [-0.2, -0.15) is 0 Å². The first-order valence-corrected chi connectivity index (χ1v) is 9.27. The second-order valence-electron chi connectivity index (χ2n) is 6.10. The molecule has 0 saturated heterocycles. The monoisotopic (exact) mass is 428 g/mol. The van der Waals surface area contributed by atoms with E-state index >= 15 is 0 Å². The van der Waals surface area contributed by atoms with Gasteiger partial charge in [-0.15, -0.1) is 0 Å². The molecule has 0 radical (unpaired) electrons. The van der Waals surface area contributed by atoms with Gasteiger partial charge in [-0.25, -0.2) is 0 Å². The molecule has 1 heterocycles. The number of rotatable bonds is 2. The van der Waals surface area contributed by atoms with Gasteiger partial charge >= 0.3 is 0 Å². The summed E-state index contributed by atoms with van der Waals surface area (Å²) in [6.07, 6.45) is 2.33. The van der Waals surface area contributed by atoms with Crippen LogP contribution in [0.15, 0.2) is 75.6 Å². The van der Waals surface area contributed by atoms with Crippen molar-refractivity contribution >= 4 is 34.1 Å². The van der Waals surface area contributed by atoms with E-state index in [0.29, 0.717) is 6.42 Å². The van der Waals surface area contributed by atoms with Crippen LogP contribution in [-0.4, -0.2) is 5.78 Å². The molecular formula is C21H17IO2. The van der Waals surface area contributed by atoms with Crippen LogP contribution < -0.4 is 0 Å². The molecule has 0 amide bonds. The van der Waals surface area contributed by atoms with Crippen molar-refractivity contribution in [1.82, 2.24) is 0 Å². The first kappa shape index (κ1) is 15.6. The van der Waals surface area contributed by atoms with Crippen LogP contribution in [0.4, 0.5) is 0 Å². The van der Waals surface area contributed by atoms with Crippen LogP contribution in [0.2, 0.25) is 0 Å². The van der Waals surface area contributed by atoms with E-state index in [-0.39, 0.29) is 11.7 Å². The van der Waals surface area contributed by atoms with Crippen LogP contribution >= 0.6 is 22.6 Å². The summed E-state index contributed by atoms with van der Waals surface area (Å²) < 4.78 is 7.32. The normalized spacial score (nSPS) is 20.7. The number of ether oxygens (including phenoxy) is 1. The molecule has 0 spiro atoms. The largest absolute Gasteiger partial charge is 0.460 e. The average Bonchev–Trinajstić information content (AvgIpc) is 2.63. The molecule has 2 nitrogen and oxygen atoms in total. The fraction of sp³-hybridized carbons (Fsp3) is 0.190. The van der Waals surface area contributed by atoms with Gasteiger partial charge < -0.3 is 4.74 Å². The van der Waals surface area contributed by atoms with Crippen molar-refractivity contribution in [3.63, 3.8) is 0 Å². The molecule has 3 heteroatoms. The molecule has 1 aliphatic heterocycles. The molecule has 0 aromatic heterocycles. The fourth-order valence-corrected chi connectivity index (χ4v) is 4.53. The minimum Gasteiger partial charge on any atom is -0.460 e. The van der Waals surface area contributed by atoms with Gasteiger partial charge in [0.15, 0.2) is 5.78 Å². The molecule has 2 aromatic carbocycles. The maximum atomic E-state index is 12.6. The number of benzene rings is 2. The Hall–Kier alpha value is -1.88. The zero-order chi connectivity index (χ0) is 16.5. The quantitative estimate of drug-likeness (QED) is 0.582. The van der Waals surface area contributed by atoms with Gasteiger partial charge in [0.25, 0.3) is 0 Å². The number of halogens is 1. The Morgan fingerprint density at radius 3 is 2.29 bits per heavy atom. The summed E-state index contributed by atoms with van der Waals surface area (Å²) in [6.45, 7) is 0. The van der Waals surface area contributed by atoms with Gasteiger partial charge in [0, 0.05) is 27.6 Å². The Labute approximate surface area is 155 Å². The summed E-state index contributed by atoms with van der Waals surface area (Å²) >= 11 is 2.36. The van der Waals surface area contributed by atoms with Crippen LogP contribution in [0.1, 0.15) is 36.3 Å². The maximum absolute atomic E-state index is 12.6. The Morgan fingerprint density at radius 2 is 1.58 bits per heavy atom. The van der Waals surface area contributed by atoms with E-state index in [1.165, 1.54) is 0 Å². The number of Topliss-reactive ketones (excluding diaryl/α,β-unsaturated/α-hetero) is 1. The van der Waals surface area contributed by atoms with Gasteiger partial charge in [0.2, 0.25) is 0 Å². The van der Waals surface area contributed by atoms with Crippen molar-refractivity contribution < 1.29 is 9.53 Å². The second-order valence-corrected chi connectivity index (χ2v) is 7.26. The van der Waals surface area contributed by atoms with Crippen molar-refractivity contribution in [2.45, 2.75) is 25.2 Å². The Kier molecular flexibility index (Phi) is 4.27. The highest BCUT2D eigenvalue weighted by Gasteiger charge is 2.37. The molecule has 0 saturated carbocycles. The van der Waals surface area contributed by atoms with Gasteiger partial charge in [-0.3, -0.25) is 4.79 Å². The first-order chi connectivity index (χ1) is 11.8.